The first-order chi connectivity index (χ1) is 13.5. The zero-order valence-corrected chi connectivity index (χ0v) is 16.3. The lowest BCUT2D eigenvalue weighted by atomic mass is 10.0. The maximum atomic E-state index is 13.3. The molecule has 1 aromatic carbocycles. The Kier molecular flexibility index (Phi) is 4.09. The fraction of sp³-hybridized carbons (Fsp3) is 0.421. The van der Waals surface area contributed by atoms with Crippen LogP contribution in [0.3, 0.4) is 0 Å². The predicted octanol–water partition coefficient (Wildman–Crippen LogP) is 2.80. The number of hydrogen-bond acceptors (Lipinski definition) is 6. The van der Waals surface area contributed by atoms with Gasteiger partial charge in [0.1, 0.15) is 12.0 Å². The highest BCUT2D eigenvalue weighted by Gasteiger charge is 2.48. The van der Waals surface area contributed by atoms with Crippen LogP contribution >= 0.6 is 0 Å². The zero-order valence-electron chi connectivity index (χ0n) is 15.5. The van der Waals surface area contributed by atoms with Crippen molar-refractivity contribution in [3.8, 4) is 11.3 Å². The van der Waals surface area contributed by atoms with Gasteiger partial charge in [-0.1, -0.05) is 12.1 Å². The highest BCUT2D eigenvalue weighted by atomic mass is 32.2. The van der Waals surface area contributed by atoms with E-state index in [4.69, 9.17) is 4.42 Å². The molecule has 146 valence electrons. The van der Waals surface area contributed by atoms with Crippen LogP contribution in [0.1, 0.15) is 37.6 Å². The van der Waals surface area contributed by atoms with E-state index in [2.05, 4.69) is 15.2 Å². The SMILES string of the molecule is Cc1nc(-c2ccc(S(=O)(=O)N3C4CCC3CC(n3nccn3)C4)cc2)co1. The summed E-state index contributed by atoms with van der Waals surface area (Å²) >= 11 is 0. The Morgan fingerprint density at radius 2 is 1.64 bits per heavy atom. The molecule has 0 aliphatic carbocycles. The van der Waals surface area contributed by atoms with Crippen molar-refractivity contribution in [2.24, 2.45) is 0 Å². The summed E-state index contributed by atoms with van der Waals surface area (Å²) in [6, 6.07) is 7.05. The van der Waals surface area contributed by atoms with Gasteiger partial charge in [-0.2, -0.15) is 19.3 Å². The molecular formula is C19H21N5O3S. The van der Waals surface area contributed by atoms with Gasteiger partial charge in [0.05, 0.1) is 23.3 Å². The van der Waals surface area contributed by atoms with Crippen molar-refractivity contribution in [1.29, 1.82) is 0 Å². The molecule has 2 bridgehead atoms. The number of sulfonamides is 1. The Bertz CT molecular complexity index is 1060. The normalized spacial score (nSPS) is 25.2. The quantitative estimate of drug-likeness (QED) is 0.670. The molecule has 8 nitrogen and oxygen atoms in total. The minimum absolute atomic E-state index is 0.00221. The van der Waals surface area contributed by atoms with Crippen LogP contribution < -0.4 is 0 Å². The minimum atomic E-state index is -3.54. The molecule has 0 spiro atoms. The Morgan fingerprint density at radius 3 is 2.21 bits per heavy atom. The molecule has 2 fully saturated rings. The maximum absolute atomic E-state index is 13.3. The summed E-state index contributed by atoms with van der Waals surface area (Å²) in [7, 11) is -3.54. The van der Waals surface area contributed by atoms with Crippen molar-refractivity contribution in [2.45, 2.75) is 55.6 Å². The van der Waals surface area contributed by atoms with E-state index in [9.17, 15) is 8.42 Å². The molecule has 2 atom stereocenters. The first kappa shape index (κ1) is 17.6. The van der Waals surface area contributed by atoms with Crippen molar-refractivity contribution in [1.82, 2.24) is 24.3 Å². The number of nitrogens with zero attached hydrogens (tertiary/aromatic N) is 5. The zero-order chi connectivity index (χ0) is 19.3. The van der Waals surface area contributed by atoms with Gasteiger partial charge in [-0.15, -0.1) is 0 Å². The molecule has 0 N–H and O–H groups in total. The van der Waals surface area contributed by atoms with Gasteiger partial charge >= 0.3 is 0 Å². The molecule has 5 rings (SSSR count). The number of benzene rings is 1. The Hall–Kier alpha value is -2.52. The summed E-state index contributed by atoms with van der Waals surface area (Å²) in [5, 5.41) is 8.49. The van der Waals surface area contributed by atoms with Gasteiger partial charge in [0.15, 0.2) is 5.89 Å². The molecule has 2 aromatic heterocycles. The summed E-state index contributed by atoms with van der Waals surface area (Å²) < 4.78 is 33.7. The molecule has 2 aliphatic heterocycles. The fourth-order valence-electron chi connectivity index (χ4n) is 4.52. The van der Waals surface area contributed by atoms with Crippen molar-refractivity contribution < 1.29 is 12.8 Å². The molecule has 28 heavy (non-hydrogen) atoms. The monoisotopic (exact) mass is 399 g/mol. The van der Waals surface area contributed by atoms with Crippen LogP contribution in [0.2, 0.25) is 0 Å². The summed E-state index contributed by atoms with van der Waals surface area (Å²) in [6.45, 7) is 1.78. The molecular weight excluding hydrogens is 378 g/mol. The van der Waals surface area contributed by atoms with Crippen LogP contribution in [-0.4, -0.2) is 44.8 Å². The van der Waals surface area contributed by atoms with Gasteiger partial charge in [-0.3, -0.25) is 0 Å². The van der Waals surface area contributed by atoms with Gasteiger partial charge in [0.2, 0.25) is 10.0 Å². The summed E-state index contributed by atoms with van der Waals surface area (Å²) in [5.74, 6) is 0.581. The van der Waals surface area contributed by atoms with Gasteiger partial charge in [-0.05, 0) is 37.8 Å². The number of oxazole rings is 1. The number of fused-ring (bicyclic) bond motifs is 2. The number of aryl methyl sites for hydroxylation is 1. The second kappa shape index (κ2) is 6.52. The first-order valence-electron chi connectivity index (χ1n) is 9.44. The molecule has 2 aliphatic rings. The van der Waals surface area contributed by atoms with E-state index in [1.54, 1.807) is 58.9 Å². The van der Waals surface area contributed by atoms with Crippen LogP contribution in [0.5, 0.6) is 0 Å². The third kappa shape index (κ3) is 2.85. The number of aromatic nitrogens is 4. The Morgan fingerprint density at radius 1 is 1.00 bits per heavy atom. The van der Waals surface area contributed by atoms with Crippen LogP contribution in [0.25, 0.3) is 11.3 Å². The second-order valence-corrected chi connectivity index (χ2v) is 9.31. The number of hydrogen-bond donors (Lipinski definition) is 0. The topological polar surface area (TPSA) is 94.1 Å². The van der Waals surface area contributed by atoms with Crippen molar-refractivity contribution in [3.63, 3.8) is 0 Å². The van der Waals surface area contributed by atoms with Crippen molar-refractivity contribution >= 4 is 10.0 Å². The molecule has 9 heteroatoms. The van der Waals surface area contributed by atoms with Crippen molar-refractivity contribution in [2.75, 3.05) is 0 Å². The molecule has 0 amide bonds. The average Bonchev–Trinajstić information content (AvgIpc) is 3.42. The molecule has 4 heterocycles. The molecule has 0 saturated carbocycles. The van der Waals surface area contributed by atoms with E-state index < -0.39 is 10.0 Å². The van der Waals surface area contributed by atoms with Gasteiger partial charge in [-0.25, -0.2) is 13.4 Å². The average molecular weight is 399 g/mol. The molecule has 2 saturated heterocycles. The third-order valence-corrected chi connectivity index (χ3v) is 7.77. The molecule has 3 aromatic rings. The number of piperidine rings is 1. The van der Waals surface area contributed by atoms with Crippen molar-refractivity contribution in [3.05, 3.63) is 48.8 Å². The lowest BCUT2D eigenvalue weighted by molar-refractivity contribution is 0.174. The van der Waals surface area contributed by atoms with Crippen LogP contribution in [0, 0.1) is 6.92 Å². The molecule has 0 radical (unpaired) electrons. The Labute approximate surface area is 163 Å². The second-order valence-electron chi connectivity index (χ2n) is 7.47. The lowest BCUT2D eigenvalue weighted by Crippen LogP contribution is -2.47. The van der Waals surface area contributed by atoms with Gasteiger partial charge < -0.3 is 4.42 Å². The number of rotatable bonds is 4. The van der Waals surface area contributed by atoms with E-state index in [1.807, 2.05) is 0 Å². The summed E-state index contributed by atoms with van der Waals surface area (Å²) in [4.78, 5) is 6.34. The van der Waals surface area contributed by atoms with Crippen LogP contribution in [0.15, 0.2) is 52.2 Å². The van der Waals surface area contributed by atoms with E-state index in [0.29, 0.717) is 16.5 Å². The third-order valence-electron chi connectivity index (χ3n) is 5.75. The van der Waals surface area contributed by atoms with Crippen LogP contribution in [-0.2, 0) is 10.0 Å². The maximum Gasteiger partial charge on any atom is 0.243 e. The smallest absolute Gasteiger partial charge is 0.243 e. The summed E-state index contributed by atoms with van der Waals surface area (Å²) in [6.07, 6.45) is 8.19. The van der Waals surface area contributed by atoms with Crippen LogP contribution in [0.4, 0.5) is 0 Å². The van der Waals surface area contributed by atoms with Gasteiger partial charge in [0.25, 0.3) is 0 Å². The summed E-state index contributed by atoms with van der Waals surface area (Å²) in [5.41, 5.74) is 1.54. The largest absolute Gasteiger partial charge is 0.449 e. The Balaban J connectivity index is 1.40. The standard InChI is InChI=1S/C19H21N5O3S/c1-13-22-19(12-27-13)14-2-6-18(7-3-14)28(25,26)23-15-4-5-16(23)11-17(10-15)24-20-8-9-21-24/h2-3,6-9,12,15-17H,4-5,10-11H2,1H3. The molecule has 2 unspecified atom stereocenters. The van der Waals surface area contributed by atoms with E-state index >= 15 is 0 Å². The highest BCUT2D eigenvalue weighted by Crippen LogP contribution is 2.43. The van der Waals surface area contributed by atoms with E-state index in [1.165, 1.54) is 0 Å². The van der Waals surface area contributed by atoms with Gasteiger partial charge in [0, 0.05) is 24.6 Å². The van der Waals surface area contributed by atoms with E-state index in [-0.39, 0.29) is 18.1 Å². The van der Waals surface area contributed by atoms with E-state index in [0.717, 1.165) is 31.2 Å². The predicted molar refractivity (Wildman–Crippen MR) is 101 cm³/mol. The lowest BCUT2D eigenvalue weighted by Gasteiger charge is -2.37. The minimum Gasteiger partial charge on any atom is -0.449 e. The highest BCUT2D eigenvalue weighted by molar-refractivity contribution is 7.89. The first-order valence-corrected chi connectivity index (χ1v) is 10.9. The fourth-order valence-corrected chi connectivity index (χ4v) is 6.41.